The molecule has 0 bridgehead atoms. The molecule has 1 fully saturated rings. The van der Waals surface area contributed by atoms with Crippen LogP contribution in [0.4, 0.5) is 36.2 Å². The van der Waals surface area contributed by atoms with Gasteiger partial charge in [0.05, 0.1) is 55.2 Å². The van der Waals surface area contributed by atoms with Crippen molar-refractivity contribution in [2.24, 2.45) is 0 Å². The summed E-state index contributed by atoms with van der Waals surface area (Å²) < 4.78 is 82.7. The molecule has 1 N–H and O–H groups in total. The maximum Gasteiger partial charge on any atom is 0.269 e. The predicted octanol–water partition coefficient (Wildman–Crippen LogP) is 6.30. The van der Waals surface area contributed by atoms with Crippen molar-refractivity contribution < 1.29 is 31.1 Å². The van der Waals surface area contributed by atoms with Crippen LogP contribution < -0.4 is 24.0 Å². The molecule has 1 aliphatic heterocycles. The molecule has 0 aliphatic carbocycles. The van der Waals surface area contributed by atoms with Gasteiger partial charge in [-0.2, -0.15) is 0 Å². The number of halogens is 4. The van der Waals surface area contributed by atoms with Crippen molar-refractivity contribution in [3.8, 4) is 11.5 Å². The zero-order valence-corrected chi connectivity index (χ0v) is 24.7. The summed E-state index contributed by atoms with van der Waals surface area (Å²) in [6.07, 6.45) is 3.50. The van der Waals surface area contributed by atoms with Crippen LogP contribution in [0.15, 0.2) is 65.8 Å². The molecule has 43 heavy (non-hydrogen) atoms. The number of rotatable bonds is 10. The van der Waals surface area contributed by atoms with E-state index >= 15 is 4.39 Å². The van der Waals surface area contributed by atoms with E-state index in [2.05, 4.69) is 15.3 Å². The van der Waals surface area contributed by atoms with Crippen LogP contribution in [-0.2, 0) is 16.6 Å². The average molecular weight is 634 g/mol. The molecule has 9 nitrogen and oxygen atoms in total. The van der Waals surface area contributed by atoms with Gasteiger partial charge in [0.15, 0.2) is 5.82 Å². The lowest BCUT2D eigenvalue weighted by Crippen LogP contribution is -2.33. The van der Waals surface area contributed by atoms with Gasteiger partial charge >= 0.3 is 0 Å². The van der Waals surface area contributed by atoms with Crippen LogP contribution in [0.3, 0.4) is 0 Å². The third-order valence-corrected chi connectivity index (χ3v) is 8.96. The highest BCUT2D eigenvalue weighted by Crippen LogP contribution is 2.37. The number of nitrogens with one attached hydrogen (secondary N) is 1. The van der Waals surface area contributed by atoms with E-state index in [4.69, 9.17) is 21.1 Å². The second-order valence-corrected chi connectivity index (χ2v) is 11.9. The van der Waals surface area contributed by atoms with Crippen LogP contribution in [0, 0.1) is 17.5 Å². The molecule has 226 valence electrons. The summed E-state index contributed by atoms with van der Waals surface area (Å²) in [7, 11) is -1.86. The molecule has 0 saturated carbocycles. The van der Waals surface area contributed by atoms with Gasteiger partial charge in [-0.3, -0.25) is 0 Å². The van der Waals surface area contributed by atoms with Gasteiger partial charge in [-0.05, 0) is 49.2 Å². The smallest absolute Gasteiger partial charge is 0.269 e. The SMILES string of the molecule is COc1ccc(CN(c2ncc(F)cn2)S(=O)(=O)c2cc(Cl)c(Nc3ccc(F)cc3N3CCCC3)cc2F)c(OC)c1. The van der Waals surface area contributed by atoms with Crippen molar-refractivity contribution in [3.05, 3.63) is 89.0 Å². The molecule has 5 rings (SSSR count). The molecule has 2 heterocycles. The zero-order chi connectivity index (χ0) is 30.7. The standard InChI is InChI=1S/C29H27ClF3N5O4S/c1-41-21-7-5-18(27(12-21)42-2)17-38(29-34-15-20(32)16-35-29)43(39,40)28-13-22(30)25(14-23(28)33)36-24-8-6-19(31)11-26(24)37-9-3-4-10-37/h5-8,11-16,36H,3-4,9-10,17H2,1-2H3. The molecule has 0 amide bonds. The van der Waals surface area contributed by atoms with E-state index in [0.29, 0.717) is 22.7 Å². The van der Waals surface area contributed by atoms with Crippen LogP contribution in [0.1, 0.15) is 18.4 Å². The summed E-state index contributed by atoms with van der Waals surface area (Å²) in [6.45, 7) is 1.07. The van der Waals surface area contributed by atoms with E-state index in [-0.39, 0.29) is 16.5 Å². The summed E-state index contributed by atoms with van der Waals surface area (Å²) in [5.41, 5.74) is 1.51. The Bertz CT molecular complexity index is 1740. The first-order valence-corrected chi connectivity index (χ1v) is 14.9. The van der Waals surface area contributed by atoms with Crippen molar-refractivity contribution in [3.63, 3.8) is 0 Å². The highest BCUT2D eigenvalue weighted by atomic mass is 35.5. The first kappa shape index (κ1) is 30.2. The second kappa shape index (κ2) is 12.6. The average Bonchev–Trinajstić information content (AvgIpc) is 3.54. The summed E-state index contributed by atoms with van der Waals surface area (Å²) in [5, 5.41) is 2.90. The maximum atomic E-state index is 15.7. The molecular weight excluding hydrogens is 607 g/mol. The number of anilines is 4. The van der Waals surface area contributed by atoms with E-state index in [1.54, 1.807) is 18.2 Å². The molecule has 4 aromatic rings. The highest BCUT2D eigenvalue weighted by Gasteiger charge is 2.32. The number of methoxy groups -OCH3 is 2. The first-order chi connectivity index (χ1) is 20.6. The number of hydrogen-bond donors (Lipinski definition) is 1. The minimum atomic E-state index is -4.72. The largest absolute Gasteiger partial charge is 0.497 e. The Morgan fingerprint density at radius 3 is 2.33 bits per heavy atom. The van der Waals surface area contributed by atoms with Gasteiger partial charge in [-0.25, -0.2) is 35.9 Å². The van der Waals surface area contributed by atoms with E-state index in [9.17, 15) is 17.2 Å². The van der Waals surface area contributed by atoms with Gasteiger partial charge in [0, 0.05) is 30.8 Å². The van der Waals surface area contributed by atoms with E-state index < -0.39 is 44.9 Å². The fraction of sp³-hybridized carbons (Fsp3) is 0.241. The molecule has 1 aromatic heterocycles. The molecule has 0 atom stereocenters. The molecule has 0 spiro atoms. The van der Waals surface area contributed by atoms with Gasteiger partial charge in [0.1, 0.15) is 28.0 Å². The Kier molecular flexibility index (Phi) is 8.83. The maximum absolute atomic E-state index is 15.7. The fourth-order valence-corrected chi connectivity index (χ4v) is 6.45. The molecule has 3 aromatic carbocycles. The predicted molar refractivity (Wildman–Crippen MR) is 157 cm³/mol. The van der Waals surface area contributed by atoms with Crippen molar-refractivity contribution in [1.82, 2.24) is 9.97 Å². The fourth-order valence-electron chi connectivity index (χ4n) is 4.75. The monoisotopic (exact) mass is 633 g/mol. The Labute approximate surface area is 251 Å². The minimum absolute atomic E-state index is 0.0755. The topological polar surface area (TPSA) is 96.9 Å². The molecule has 14 heteroatoms. The van der Waals surface area contributed by atoms with Crippen molar-refractivity contribution >= 4 is 44.6 Å². The number of sulfonamides is 1. The quantitative estimate of drug-likeness (QED) is 0.217. The Morgan fingerprint density at radius 2 is 1.65 bits per heavy atom. The third-order valence-electron chi connectivity index (χ3n) is 6.90. The summed E-state index contributed by atoms with van der Waals surface area (Å²) in [5.74, 6) is -2.00. The van der Waals surface area contributed by atoms with Crippen molar-refractivity contribution in [1.29, 1.82) is 0 Å². The van der Waals surface area contributed by atoms with Crippen molar-refractivity contribution in [2.75, 3.05) is 41.8 Å². The summed E-state index contributed by atoms with van der Waals surface area (Å²) >= 11 is 6.50. The second-order valence-electron chi connectivity index (χ2n) is 9.63. The molecule has 1 aliphatic rings. The Morgan fingerprint density at radius 1 is 0.930 bits per heavy atom. The number of ether oxygens (including phenoxy) is 2. The third kappa shape index (κ3) is 6.42. The van der Waals surface area contributed by atoms with Crippen LogP contribution in [-0.4, -0.2) is 45.7 Å². The number of aromatic nitrogens is 2. The number of nitrogens with zero attached hydrogens (tertiary/aromatic N) is 4. The van der Waals surface area contributed by atoms with Gasteiger partial charge in [-0.15, -0.1) is 0 Å². The van der Waals surface area contributed by atoms with E-state index in [0.717, 1.165) is 54.8 Å². The van der Waals surface area contributed by atoms with Crippen LogP contribution in [0.2, 0.25) is 5.02 Å². The number of hydrogen-bond acceptors (Lipinski definition) is 8. The van der Waals surface area contributed by atoms with Gasteiger partial charge in [-0.1, -0.05) is 11.6 Å². The van der Waals surface area contributed by atoms with E-state index in [1.165, 1.54) is 32.4 Å². The zero-order valence-electron chi connectivity index (χ0n) is 23.2. The van der Waals surface area contributed by atoms with Gasteiger partial charge in [0.25, 0.3) is 10.0 Å². The lowest BCUT2D eigenvalue weighted by Gasteiger charge is -2.25. The molecule has 0 radical (unpaired) electrons. The van der Waals surface area contributed by atoms with Crippen LogP contribution >= 0.6 is 11.6 Å². The molecular formula is C29H27ClF3N5O4S. The summed E-state index contributed by atoms with van der Waals surface area (Å²) in [4.78, 5) is 8.90. The lowest BCUT2D eigenvalue weighted by molar-refractivity contribution is 0.391. The summed E-state index contributed by atoms with van der Waals surface area (Å²) in [6, 6.07) is 10.8. The van der Waals surface area contributed by atoms with E-state index in [1.807, 2.05) is 4.90 Å². The normalized spacial score (nSPS) is 13.2. The lowest BCUT2D eigenvalue weighted by atomic mass is 10.2. The Balaban J connectivity index is 1.53. The minimum Gasteiger partial charge on any atom is -0.497 e. The van der Waals surface area contributed by atoms with Gasteiger partial charge in [0.2, 0.25) is 5.95 Å². The first-order valence-electron chi connectivity index (χ1n) is 13.1. The number of benzene rings is 3. The molecule has 1 saturated heterocycles. The van der Waals surface area contributed by atoms with Crippen molar-refractivity contribution in [2.45, 2.75) is 24.3 Å². The van der Waals surface area contributed by atoms with Crippen LogP contribution in [0.5, 0.6) is 11.5 Å². The molecule has 0 unspecified atom stereocenters. The van der Waals surface area contributed by atoms with Crippen LogP contribution in [0.25, 0.3) is 0 Å². The Hall–Kier alpha value is -4.23. The van der Waals surface area contributed by atoms with Gasteiger partial charge < -0.3 is 19.7 Å². The highest BCUT2D eigenvalue weighted by molar-refractivity contribution is 7.92.